The van der Waals surface area contributed by atoms with Crippen molar-refractivity contribution in [3.05, 3.63) is 180 Å². The van der Waals surface area contributed by atoms with Gasteiger partial charge in [0.15, 0.2) is 0 Å². The lowest BCUT2D eigenvalue weighted by molar-refractivity contribution is 0.213. The Morgan fingerprint density at radius 2 is 0.790 bits per heavy atom. The van der Waals surface area contributed by atoms with Crippen molar-refractivity contribution in [2.75, 3.05) is 26.2 Å². The van der Waals surface area contributed by atoms with Gasteiger partial charge in [0.05, 0.1) is 0 Å². The molecule has 0 unspecified atom stereocenters. The Balaban J connectivity index is 0.000000119. The SMILES string of the molecule is C.C1C[C@H]2C[C@@H]1CN2.C[C@@H](c1ccccc1)N1C[C@@H]2C=C[C@@H]1C2.C[C@@H](c1ccccc1)N1C[C@H]2C=C[C@H]1C2.C[C@@H](c1ccccc1)N1C[C@H]2C=C[C@H]1C2.C[C@H](N)c1ccccc1. The lowest BCUT2D eigenvalue weighted by Gasteiger charge is -2.30. The van der Waals surface area contributed by atoms with E-state index in [0.29, 0.717) is 36.3 Å². The van der Waals surface area contributed by atoms with Gasteiger partial charge in [0.2, 0.25) is 0 Å². The van der Waals surface area contributed by atoms with Gasteiger partial charge in [-0.3, -0.25) is 14.7 Å². The highest BCUT2D eigenvalue weighted by Gasteiger charge is 2.38. The number of hydrogen-bond donors (Lipinski definition) is 2. The van der Waals surface area contributed by atoms with Crippen molar-refractivity contribution in [1.82, 2.24) is 20.0 Å². The fourth-order valence-electron chi connectivity index (χ4n) is 11.3. The van der Waals surface area contributed by atoms with Crippen molar-refractivity contribution in [3.8, 4) is 0 Å². The molecule has 5 heteroatoms. The predicted octanol–water partition coefficient (Wildman–Crippen LogP) is 12.1. The van der Waals surface area contributed by atoms with Gasteiger partial charge in [0, 0.05) is 68.0 Å². The summed E-state index contributed by atoms with van der Waals surface area (Å²) in [6.45, 7) is 14.0. The smallest absolute Gasteiger partial charge is 0.0326 e. The molecule has 0 amide bonds. The highest BCUT2D eigenvalue weighted by molar-refractivity contribution is 5.25. The van der Waals surface area contributed by atoms with Crippen molar-refractivity contribution in [3.63, 3.8) is 0 Å². The van der Waals surface area contributed by atoms with Crippen molar-refractivity contribution >= 4 is 0 Å². The topological polar surface area (TPSA) is 47.8 Å². The maximum Gasteiger partial charge on any atom is 0.0326 e. The summed E-state index contributed by atoms with van der Waals surface area (Å²) in [6.07, 6.45) is 22.8. The molecule has 8 aliphatic rings. The number of nitrogens with two attached hydrogens (primary N) is 1. The molecule has 4 aliphatic heterocycles. The minimum absolute atomic E-state index is 0. The number of piperidine rings is 1. The molecule has 4 aliphatic carbocycles. The van der Waals surface area contributed by atoms with Crippen LogP contribution in [0.2, 0.25) is 0 Å². The third-order valence-electron chi connectivity index (χ3n) is 15.0. The quantitative estimate of drug-likeness (QED) is 0.182. The van der Waals surface area contributed by atoms with Gasteiger partial charge in [-0.1, -0.05) is 165 Å². The molecule has 5 nitrogen and oxygen atoms in total. The number of likely N-dealkylation sites (tertiary alicyclic amines) is 3. The average Bonchev–Trinajstić information content (AvgIpc) is 4.20. The molecule has 0 spiro atoms. The number of hydrogen-bond acceptors (Lipinski definition) is 5. The largest absolute Gasteiger partial charge is 0.324 e. The third-order valence-corrected chi connectivity index (χ3v) is 15.0. The van der Waals surface area contributed by atoms with Crippen LogP contribution in [0.5, 0.6) is 0 Å². The van der Waals surface area contributed by atoms with E-state index in [1.807, 2.05) is 37.3 Å². The van der Waals surface area contributed by atoms with E-state index in [1.54, 1.807) is 0 Å². The summed E-state index contributed by atoms with van der Waals surface area (Å²) >= 11 is 0. The molecule has 4 aromatic rings. The Kier molecular flexibility index (Phi) is 16.3. The van der Waals surface area contributed by atoms with E-state index in [0.717, 1.165) is 29.7 Å². The molecular formula is C57H77N5. The number of nitrogens with zero attached hydrogens (tertiary/aromatic N) is 3. The normalized spacial score (nSPS) is 29.8. The summed E-state index contributed by atoms with van der Waals surface area (Å²) in [5.41, 5.74) is 11.1. The lowest BCUT2D eigenvalue weighted by Crippen LogP contribution is -2.32. The van der Waals surface area contributed by atoms with Crippen molar-refractivity contribution < 1.29 is 0 Å². The number of rotatable bonds is 7. The summed E-state index contributed by atoms with van der Waals surface area (Å²) < 4.78 is 0. The summed E-state index contributed by atoms with van der Waals surface area (Å²) in [6, 6.07) is 47.4. The average molecular weight is 832 g/mol. The maximum absolute atomic E-state index is 5.61. The fourth-order valence-corrected chi connectivity index (χ4v) is 11.3. The number of fused-ring (bicyclic) bond motifs is 8. The molecule has 4 aromatic carbocycles. The first kappa shape index (κ1) is 45.9. The zero-order valence-electron chi connectivity index (χ0n) is 37.4. The molecule has 0 aromatic heterocycles. The molecule has 1 saturated carbocycles. The highest BCUT2D eigenvalue weighted by Crippen LogP contribution is 2.39. The summed E-state index contributed by atoms with van der Waals surface area (Å²) in [7, 11) is 0. The summed E-state index contributed by atoms with van der Waals surface area (Å²) in [5.74, 6) is 3.52. The molecular weight excluding hydrogens is 755 g/mol. The first-order valence-electron chi connectivity index (χ1n) is 23.8. The van der Waals surface area contributed by atoms with Gasteiger partial charge in [-0.15, -0.1) is 0 Å². The molecule has 0 radical (unpaired) electrons. The monoisotopic (exact) mass is 832 g/mol. The lowest BCUT2D eigenvalue weighted by atomic mass is 10.1. The Labute approximate surface area is 376 Å². The molecule has 330 valence electrons. The van der Waals surface area contributed by atoms with Crippen LogP contribution in [0.25, 0.3) is 0 Å². The van der Waals surface area contributed by atoms with Crippen molar-refractivity contribution in [1.29, 1.82) is 0 Å². The first-order valence-corrected chi connectivity index (χ1v) is 23.8. The fraction of sp³-hybridized carbons (Fsp3) is 0.474. The van der Waals surface area contributed by atoms with Gasteiger partial charge in [-0.25, -0.2) is 0 Å². The van der Waals surface area contributed by atoms with Crippen molar-refractivity contribution in [2.24, 2.45) is 29.4 Å². The van der Waals surface area contributed by atoms with Gasteiger partial charge in [-0.05, 0) is 119 Å². The van der Waals surface area contributed by atoms with E-state index < -0.39 is 0 Å². The first-order chi connectivity index (χ1) is 29.8. The van der Waals surface area contributed by atoms with Crippen LogP contribution in [0, 0.1) is 23.7 Å². The van der Waals surface area contributed by atoms with Crippen molar-refractivity contribution in [2.45, 2.75) is 122 Å². The standard InChI is InChI=1S/3C14H17N.C8H11N.C6H11N.CH4/c3*1-11(13-5-3-2-4-6-13)15-10-12-7-8-14(15)9-12;1-7(9)8-5-3-2-4-6-8;1-2-6-3-5(1)4-7-6;/h3*2-8,11-12,14H,9-10H2,1H3;2-7H,9H2,1H3;5-7H,1-4H2;1H4/t11-,12+,14+;2*11-,12-,14-;7-;5-,6+;/m00001./s1. The van der Waals surface area contributed by atoms with Gasteiger partial charge < -0.3 is 11.1 Å². The minimum atomic E-state index is 0. The molecule has 4 heterocycles. The summed E-state index contributed by atoms with van der Waals surface area (Å²) in [5, 5.41) is 3.46. The number of nitrogens with one attached hydrogen (secondary N) is 1. The van der Waals surface area contributed by atoms with Gasteiger partial charge in [0.25, 0.3) is 0 Å². The van der Waals surface area contributed by atoms with E-state index >= 15 is 0 Å². The molecule has 4 saturated heterocycles. The Morgan fingerprint density at radius 3 is 0.968 bits per heavy atom. The second-order valence-electron chi connectivity index (χ2n) is 19.2. The van der Waals surface area contributed by atoms with Crippen LogP contribution in [0.1, 0.15) is 120 Å². The van der Waals surface area contributed by atoms with Gasteiger partial charge in [-0.2, -0.15) is 0 Å². The van der Waals surface area contributed by atoms with Crippen LogP contribution < -0.4 is 11.1 Å². The van der Waals surface area contributed by atoms with Crippen LogP contribution in [-0.4, -0.2) is 65.0 Å². The second kappa shape index (κ2) is 22.0. The Hall–Kier alpha value is -4.10. The molecule has 12 rings (SSSR count). The maximum atomic E-state index is 5.61. The summed E-state index contributed by atoms with van der Waals surface area (Å²) in [4.78, 5) is 7.88. The molecule has 3 N–H and O–H groups in total. The molecule has 5 fully saturated rings. The zero-order valence-corrected chi connectivity index (χ0v) is 37.4. The second-order valence-corrected chi connectivity index (χ2v) is 19.2. The van der Waals surface area contributed by atoms with Gasteiger partial charge in [0.1, 0.15) is 0 Å². The van der Waals surface area contributed by atoms with Crippen LogP contribution in [0.4, 0.5) is 0 Å². The van der Waals surface area contributed by atoms with E-state index in [1.165, 1.54) is 87.0 Å². The highest BCUT2D eigenvalue weighted by atomic mass is 15.2. The third kappa shape index (κ3) is 11.5. The zero-order chi connectivity index (χ0) is 42.1. The Bertz CT molecular complexity index is 1800. The molecule has 62 heavy (non-hydrogen) atoms. The van der Waals surface area contributed by atoms with E-state index in [4.69, 9.17) is 5.73 Å². The van der Waals surface area contributed by atoms with Crippen LogP contribution in [0.15, 0.2) is 158 Å². The Morgan fingerprint density at radius 1 is 0.452 bits per heavy atom. The molecule has 8 bridgehead atoms. The van der Waals surface area contributed by atoms with E-state index in [2.05, 4.69) is 168 Å². The van der Waals surface area contributed by atoms with Gasteiger partial charge >= 0.3 is 0 Å². The van der Waals surface area contributed by atoms with Crippen LogP contribution in [0.3, 0.4) is 0 Å². The number of benzene rings is 4. The predicted molar refractivity (Wildman–Crippen MR) is 263 cm³/mol. The van der Waals surface area contributed by atoms with Crippen LogP contribution >= 0.6 is 0 Å². The minimum Gasteiger partial charge on any atom is -0.324 e. The van der Waals surface area contributed by atoms with E-state index in [9.17, 15) is 0 Å². The molecule has 12 atom stereocenters. The van der Waals surface area contributed by atoms with Crippen LogP contribution in [-0.2, 0) is 0 Å². The van der Waals surface area contributed by atoms with E-state index in [-0.39, 0.29) is 13.5 Å².